The summed E-state index contributed by atoms with van der Waals surface area (Å²) >= 11 is 0. The molecular weight excluding hydrogens is 340 g/mol. The number of nitrogens with one attached hydrogen (secondary N) is 1. The van der Waals surface area contributed by atoms with Crippen LogP contribution in [-0.2, 0) is 9.63 Å². The number of hydrogen-bond acceptors (Lipinski definition) is 6. The molecule has 10 heteroatoms. The van der Waals surface area contributed by atoms with Crippen LogP contribution >= 0.6 is 0 Å². The van der Waals surface area contributed by atoms with Crippen molar-refractivity contribution in [2.24, 2.45) is 10.8 Å². The normalized spacial score (nSPS) is 10.9. The summed E-state index contributed by atoms with van der Waals surface area (Å²) in [4.78, 5) is 26.7. The zero-order valence-electron chi connectivity index (χ0n) is 13.8. The van der Waals surface area contributed by atoms with Crippen molar-refractivity contribution in [2.45, 2.75) is 6.92 Å². The number of para-hydroxylation sites is 2. The van der Waals surface area contributed by atoms with Crippen LogP contribution in [0.15, 0.2) is 60.4 Å². The number of aromatic nitrogens is 1. The van der Waals surface area contributed by atoms with Crippen LogP contribution in [0.4, 0.5) is 5.69 Å². The van der Waals surface area contributed by atoms with E-state index in [0.717, 1.165) is 6.92 Å². The van der Waals surface area contributed by atoms with Crippen molar-refractivity contribution in [3.63, 3.8) is 0 Å². The Labute approximate surface area is 148 Å². The number of nitrogens with zero attached hydrogens (tertiary/aromatic N) is 4. The number of carbonyl (C=O) groups excluding carboxylic acids is 1. The van der Waals surface area contributed by atoms with Crippen LogP contribution in [0.5, 0.6) is 0 Å². The van der Waals surface area contributed by atoms with Crippen molar-refractivity contribution >= 4 is 23.3 Å². The Morgan fingerprint density at radius 2 is 2.12 bits per heavy atom. The molecule has 2 aromatic rings. The lowest BCUT2D eigenvalue weighted by Gasteiger charge is -2.16. The second kappa shape index (κ2) is 7.75. The van der Waals surface area contributed by atoms with E-state index < -0.39 is 16.9 Å². The fourth-order valence-electron chi connectivity index (χ4n) is 2.16. The molecule has 1 heterocycles. The highest BCUT2D eigenvalue weighted by Crippen LogP contribution is 2.24. The van der Waals surface area contributed by atoms with Gasteiger partial charge in [-0.3, -0.25) is 15.5 Å². The molecule has 0 unspecified atom stereocenters. The second-order valence-corrected chi connectivity index (χ2v) is 4.94. The minimum absolute atomic E-state index is 0.100. The molecule has 0 amide bonds. The average Bonchev–Trinajstić information content (AvgIpc) is 3.07. The number of rotatable bonds is 5. The molecule has 10 nitrogen and oxygen atoms in total. The summed E-state index contributed by atoms with van der Waals surface area (Å²) in [6.07, 6.45) is 2.96. The Bertz CT molecular complexity index is 902. The largest absolute Gasteiger partial charge is 0.366 e. The Kier molecular flexibility index (Phi) is 5.48. The van der Waals surface area contributed by atoms with Crippen LogP contribution in [0, 0.1) is 15.5 Å². The van der Waals surface area contributed by atoms with Gasteiger partial charge in [-0.05, 0) is 24.3 Å². The van der Waals surface area contributed by atoms with Crippen molar-refractivity contribution in [2.75, 3.05) is 0 Å². The summed E-state index contributed by atoms with van der Waals surface area (Å²) < 4.78 is 1.53. The zero-order valence-corrected chi connectivity index (χ0v) is 13.8. The number of hydrazone groups is 1. The summed E-state index contributed by atoms with van der Waals surface area (Å²) in [6.45, 7) is 4.78. The third kappa shape index (κ3) is 3.93. The first-order valence-corrected chi connectivity index (χ1v) is 7.30. The Morgan fingerprint density at radius 3 is 2.69 bits per heavy atom. The lowest BCUT2D eigenvalue weighted by Crippen LogP contribution is -2.34. The fraction of sp³-hybridized carbons (Fsp3) is 0.0625. The smallest absolute Gasteiger partial charge is 0.332 e. The van der Waals surface area contributed by atoms with Gasteiger partial charge in [0.1, 0.15) is 11.4 Å². The first kappa shape index (κ1) is 18.4. The summed E-state index contributed by atoms with van der Waals surface area (Å²) in [5.41, 5.74) is 6.17. The SMILES string of the molecule is C=C/C(=N\N(OC(C)=O)C(=N)N)c1cccn1-c1ccccc1[N+](=O)[O-]. The Hall–Kier alpha value is -3.95. The van der Waals surface area contributed by atoms with Gasteiger partial charge in [0.15, 0.2) is 0 Å². The third-order valence-corrected chi connectivity index (χ3v) is 3.16. The van der Waals surface area contributed by atoms with E-state index >= 15 is 0 Å². The van der Waals surface area contributed by atoms with Crippen LogP contribution in [-0.4, -0.2) is 32.3 Å². The molecule has 0 atom stereocenters. The third-order valence-electron chi connectivity index (χ3n) is 3.16. The van der Waals surface area contributed by atoms with Crippen LogP contribution in [0.25, 0.3) is 5.69 Å². The van der Waals surface area contributed by atoms with Gasteiger partial charge in [-0.1, -0.05) is 23.9 Å². The number of guanidine groups is 1. The molecule has 0 bridgehead atoms. The molecule has 0 aliphatic heterocycles. The highest BCUT2D eigenvalue weighted by atomic mass is 16.7. The molecular formula is C16H16N6O4. The molecule has 0 radical (unpaired) electrons. The fourth-order valence-corrected chi connectivity index (χ4v) is 2.16. The molecule has 2 rings (SSSR count). The van der Waals surface area contributed by atoms with E-state index in [-0.39, 0.29) is 11.4 Å². The van der Waals surface area contributed by atoms with Gasteiger partial charge < -0.3 is 15.1 Å². The van der Waals surface area contributed by atoms with Gasteiger partial charge in [0.05, 0.1) is 10.6 Å². The number of carbonyl (C=O) groups is 1. The lowest BCUT2D eigenvalue weighted by molar-refractivity contribution is -0.384. The number of benzene rings is 1. The standard InChI is InChI=1S/C16H16N6O4/c1-3-12(19-21(16(17)18)26-11(2)23)13-9-6-10-20(13)14-7-4-5-8-15(14)22(24)25/h3-10H,1H2,2H3,(H3,17,18)/b19-12+. The van der Waals surface area contributed by atoms with E-state index in [1.54, 1.807) is 36.5 Å². The van der Waals surface area contributed by atoms with Crippen LogP contribution in [0.2, 0.25) is 0 Å². The molecule has 26 heavy (non-hydrogen) atoms. The van der Waals surface area contributed by atoms with Crippen LogP contribution < -0.4 is 5.73 Å². The van der Waals surface area contributed by atoms with Gasteiger partial charge in [-0.15, -0.1) is 5.10 Å². The van der Waals surface area contributed by atoms with Gasteiger partial charge in [0.25, 0.3) is 5.69 Å². The Balaban J connectivity index is 2.56. The molecule has 0 fully saturated rings. The van der Waals surface area contributed by atoms with Gasteiger partial charge >= 0.3 is 5.97 Å². The molecule has 1 aromatic carbocycles. The summed E-state index contributed by atoms with van der Waals surface area (Å²) in [7, 11) is 0. The number of hydrogen-bond donors (Lipinski definition) is 2. The number of nitrogens with two attached hydrogens (primary N) is 1. The molecule has 0 saturated carbocycles. The number of hydroxylamine groups is 1. The first-order valence-electron chi connectivity index (χ1n) is 7.30. The molecule has 0 saturated heterocycles. The van der Waals surface area contributed by atoms with Crippen LogP contribution in [0.1, 0.15) is 12.6 Å². The van der Waals surface area contributed by atoms with Crippen molar-refractivity contribution < 1.29 is 14.6 Å². The van der Waals surface area contributed by atoms with E-state index in [9.17, 15) is 14.9 Å². The molecule has 0 aliphatic rings. The predicted molar refractivity (Wildman–Crippen MR) is 94.7 cm³/mol. The second-order valence-electron chi connectivity index (χ2n) is 4.94. The quantitative estimate of drug-likeness (QED) is 0.363. The van der Waals surface area contributed by atoms with Crippen molar-refractivity contribution in [1.29, 1.82) is 5.41 Å². The number of allylic oxidation sites excluding steroid dienone is 1. The van der Waals surface area contributed by atoms with Crippen molar-refractivity contribution in [3.8, 4) is 5.69 Å². The predicted octanol–water partition coefficient (Wildman–Crippen LogP) is 1.95. The van der Waals surface area contributed by atoms with E-state index in [2.05, 4.69) is 11.7 Å². The summed E-state index contributed by atoms with van der Waals surface area (Å²) in [5.74, 6) is -1.34. The maximum Gasteiger partial charge on any atom is 0.332 e. The van der Waals surface area contributed by atoms with Gasteiger partial charge in [0, 0.05) is 19.2 Å². The van der Waals surface area contributed by atoms with E-state index in [1.165, 1.54) is 16.7 Å². The minimum Gasteiger partial charge on any atom is -0.366 e. The molecule has 0 aliphatic carbocycles. The van der Waals surface area contributed by atoms with Gasteiger partial charge in [-0.2, -0.15) is 0 Å². The van der Waals surface area contributed by atoms with Crippen molar-refractivity contribution in [1.82, 2.24) is 9.74 Å². The molecule has 134 valence electrons. The topological polar surface area (TPSA) is 140 Å². The number of nitro benzene ring substituents is 1. The maximum atomic E-state index is 11.3. The maximum absolute atomic E-state index is 11.3. The monoisotopic (exact) mass is 356 g/mol. The highest BCUT2D eigenvalue weighted by molar-refractivity contribution is 6.08. The first-order chi connectivity index (χ1) is 12.3. The van der Waals surface area contributed by atoms with Gasteiger partial charge in [-0.25, -0.2) is 4.79 Å². The Morgan fingerprint density at radius 1 is 1.42 bits per heavy atom. The average molecular weight is 356 g/mol. The highest BCUT2D eigenvalue weighted by Gasteiger charge is 2.19. The van der Waals surface area contributed by atoms with Gasteiger partial charge in [0.2, 0.25) is 5.96 Å². The van der Waals surface area contributed by atoms with E-state index in [0.29, 0.717) is 16.6 Å². The summed E-state index contributed by atoms with van der Waals surface area (Å²) in [5, 5.41) is 23.2. The summed E-state index contributed by atoms with van der Waals surface area (Å²) in [6, 6.07) is 9.49. The van der Waals surface area contributed by atoms with Crippen molar-refractivity contribution in [3.05, 3.63) is 71.1 Å². The number of nitro groups is 1. The van der Waals surface area contributed by atoms with E-state index in [1.807, 2.05) is 0 Å². The van der Waals surface area contributed by atoms with E-state index in [4.69, 9.17) is 16.0 Å². The zero-order chi connectivity index (χ0) is 19.3. The molecule has 3 N–H and O–H groups in total. The van der Waals surface area contributed by atoms with Crippen LogP contribution in [0.3, 0.4) is 0 Å². The lowest BCUT2D eigenvalue weighted by atomic mass is 10.2. The molecule has 1 aromatic heterocycles. The molecule has 0 spiro atoms. The minimum atomic E-state index is -0.721.